The molecule has 1 aliphatic rings. The van der Waals surface area contributed by atoms with Gasteiger partial charge >= 0.3 is 6.03 Å². The topological polar surface area (TPSA) is 92.1 Å². The van der Waals surface area contributed by atoms with Gasteiger partial charge in [-0.1, -0.05) is 31.0 Å². The third-order valence-corrected chi connectivity index (χ3v) is 4.11. The molecule has 0 radical (unpaired) electrons. The van der Waals surface area contributed by atoms with Gasteiger partial charge in [0.1, 0.15) is 12.7 Å². The van der Waals surface area contributed by atoms with Crippen LogP contribution >= 0.6 is 0 Å². The average Bonchev–Trinajstić information content (AvgIpc) is 3.05. The first-order chi connectivity index (χ1) is 11.2. The van der Waals surface area contributed by atoms with Gasteiger partial charge in [0.25, 0.3) is 0 Å². The molecule has 1 aromatic carbocycles. The van der Waals surface area contributed by atoms with Gasteiger partial charge < -0.3 is 15.7 Å². The molecule has 2 atom stereocenters. The normalized spacial score (nSPS) is 20.9. The predicted octanol–water partition coefficient (Wildman–Crippen LogP) is 1.75. The lowest BCUT2D eigenvalue weighted by Crippen LogP contribution is -2.46. The van der Waals surface area contributed by atoms with Crippen molar-refractivity contribution in [3.8, 4) is 0 Å². The number of carbonyl (C=O) groups is 1. The number of amides is 2. The predicted molar refractivity (Wildman–Crippen MR) is 86.0 cm³/mol. The third-order valence-electron chi connectivity index (χ3n) is 4.11. The maximum Gasteiger partial charge on any atom is 0.319 e. The number of hydrogen-bond acceptors (Lipinski definition) is 4. The number of aliphatic hydroxyl groups is 1. The number of para-hydroxylation sites is 1. The number of rotatable bonds is 4. The maximum absolute atomic E-state index is 12.2. The van der Waals surface area contributed by atoms with Crippen molar-refractivity contribution in [2.75, 3.05) is 5.32 Å². The van der Waals surface area contributed by atoms with Crippen molar-refractivity contribution in [1.82, 2.24) is 20.1 Å². The van der Waals surface area contributed by atoms with Gasteiger partial charge in [-0.15, -0.1) is 0 Å². The second-order valence-electron chi connectivity index (χ2n) is 5.81. The molecule has 1 heterocycles. The summed E-state index contributed by atoms with van der Waals surface area (Å²) in [5.74, 6) is 0. The first-order valence-corrected chi connectivity index (χ1v) is 7.88. The van der Waals surface area contributed by atoms with Crippen LogP contribution in [0.5, 0.6) is 0 Å². The monoisotopic (exact) mass is 315 g/mol. The molecule has 1 saturated carbocycles. The SMILES string of the molecule is O=C(Nc1ccccc1Cn1cncn1)NC1CCCCC1O. The van der Waals surface area contributed by atoms with Gasteiger partial charge in [-0.3, -0.25) is 0 Å². The third kappa shape index (κ3) is 4.07. The van der Waals surface area contributed by atoms with E-state index in [4.69, 9.17) is 0 Å². The summed E-state index contributed by atoms with van der Waals surface area (Å²) in [6, 6.07) is 7.11. The number of hydrogen-bond donors (Lipinski definition) is 3. The number of benzene rings is 1. The Morgan fingerprint density at radius 2 is 2.13 bits per heavy atom. The smallest absolute Gasteiger partial charge is 0.319 e. The Labute approximate surface area is 134 Å². The van der Waals surface area contributed by atoms with Gasteiger partial charge in [0.05, 0.1) is 18.7 Å². The Bertz CT molecular complexity index is 644. The molecule has 0 bridgehead atoms. The van der Waals surface area contributed by atoms with E-state index in [2.05, 4.69) is 20.7 Å². The molecule has 7 nitrogen and oxygen atoms in total. The lowest BCUT2D eigenvalue weighted by molar-refractivity contribution is 0.0955. The zero-order valence-electron chi connectivity index (χ0n) is 12.9. The van der Waals surface area contributed by atoms with Crippen LogP contribution in [-0.4, -0.2) is 38.0 Å². The van der Waals surface area contributed by atoms with Crippen molar-refractivity contribution < 1.29 is 9.90 Å². The number of urea groups is 1. The van der Waals surface area contributed by atoms with Crippen LogP contribution in [0.4, 0.5) is 10.5 Å². The van der Waals surface area contributed by atoms with Crippen LogP contribution in [0.25, 0.3) is 0 Å². The quantitative estimate of drug-likeness (QED) is 0.801. The molecule has 7 heteroatoms. The summed E-state index contributed by atoms with van der Waals surface area (Å²) in [6.07, 6.45) is 6.26. The minimum atomic E-state index is -0.458. The minimum Gasteiger partial charge on any atom is -0.391 e. The highest BCUT2D eigenvalue weighted by molar-refractivity contribution is 5.90. The highest BCUT2D eigenvalue weighted by Gasteiger charge is 2.24. The molecule has 2 aromatic rings. The molecule has 1 aliphatic carbocycles. The lowest BCUT2D eigenvalue weighted by Gasteiger charge is -2.28. The Morgan fingerprint density at radius 3 is 2.91 bits per heavy atom. The Kier molecular flexibility index (Phi) is 4.87. The summed E-state index contributed by atoms with van der Waals surface area (Å²) in [5.41, 5.74) is 1.67. The summed E-state index contributed by atoms with van der Waals surface area (Å²) in [4.78, 5) is 16.1. The second kappa shape index (κ2) is 7.23. The molecule has 2 amide bonds. The molecule has 0 saturated heterocycles. The van der Waals surface area contributed by atoms with Gasteiger partial charge in [-0.05, 0) is 24.5 Å². The van der Waals surface area contributed by atoms with Crippen molar-refractivity contribution in [2.45, 2.75) is 44.4 Å². The Hall–Kier alpha value is -2.41. The first kappa shape index (κ1) is 15.5. The van der Waals surface area contributed by atoms with Gasteiger partial charge in [-0.2, -0.15) is 5.10 Å². The Morgan fingerprint density at radius 1 is 1.30 bits per heavy atom. The zero-order chi connectivity index (χ0) is 16.1. The zero-order valence-corrected chi connectivity index (χ0v) is 12.9. The standard InChI is InChI=1S/C16H21N5O2/c22-15-8-4-3-7-14(15)20-16(23)19-13-6-2-1-5-12(13)9-21-11-17-10-18-21/h1-2,5-6,10-11,14-15,22H,3-4,7-9H2,(H2,19,20,23). The van der Waals surface area contributed by atoms with E-state index in [1.807, 2.05) is 24.3 Å². The molecule has 23 heavy (non-hydrogen) atoms. The fourth-order valence-electron chi connectivity index (χ4n) is 2.88. The number of aliphatic hydroxyl groups excluding tert-OH is 1. The van der Waals surface area contributed by atoms with E-state index in [1.54, 1.807) is 11.0 Å². The van der Waals surface area contributed by atoms with Gasteiger partial charge in [0, 0.05) is 5.69 Å². The molecule has 2 unspecified atom stereocenters. The molecule has 1 fully saturated rings. The highest BCUT2D eigenvalue weighted by atomic mass is 16.3. The number of nitrogens with zero attached hydrogens (tertiary/aromatic N) is 3. The van der Waals surface area contributed by atoms with Gasteiger partial charge in [0.2, 0.25) is 0 Å². The number of anilines is 1. The van der Waals surface area contributed by atoms with Crippen molar-refractivity contribution in [3.63, 3.8) is 0 Å². The average molecular weight is 315 g/mol. The summed E-state index contributed by atoms with van der Waals surface area (Å²) < 4.78 is 1.70. The van der Waals surface area contributed by atoms with Crippen LogP contribution in [0.1, 0.15) is 31.2 Å². The van der Waals surface area contributed by atoms with Crippen LogP contribution in [-0.2, 0) is 6.54 Å². The van der Waals surface area contributed by atoms with Crippen molar-refractivity contribution in [3.05, 3.63) is 42.5 Å². The Balaban J connectivity index is 1.64. The van der Waals surface area contributed by atoms with E-state index < -0.39 is 6.10 Å². The number of aromatic nitrogens is 3. The second-order valence-corrected chi connectivity index (χ2v) is 5.81. The van der Waals surface area contributed by atoms with Crippen LogP contribution in [0, 0.1) is 0 Å². The fraction of sp³-hybridized carbons (Fsp3) is 0.438. The van der Waals surface area contributed by atoms with Crippen molar-refractivity contribution >= 4 is 11.7 Å². The first-order valence-electron chi connectivity index (χ1n) is 7.88. The largest absolute Gasteiger partial charge is 0.391 e. The number of carbonyl (C=O) groups excluding carboxylic acids is 1. The molecular formula is C16H21N5O2. The van der Waals surface area contributed by atoms with Crippen molar-refractivity contribution in [1.29, 1.82) is 0 Å². The summed E-state index contributed by atoms with van der Waals surface area (Å²) in [7, 11) is 0. The molecule has 122 valence electrons. The number of nitrogens with one attached hydrogen (secondary N) is 2. The van der Waals surface area contributed by atoms with Crippen molar-refractivity contribution in [2.24, 2.45) is 0 Å². The fourth-order valence-corrected chi connectivity index (χ4v) is 2.88. The molecule has 1 aromatic heterocycles. The van der Waals surface area contributed by atoms with E-state index in [9.17, 15) is 9.90 Å². The molecular weight excluding hydrogens is 294 g/mol. The summed E-state index contributed by atoms with van der Waals surface area (Å²) in [6.45, 7) is 0.530. The maximum atomic E-state index is 12.2. The summed E-state index contributed by atoms with van der Waals surface area (Å²) >= 11 is 0. The molecule has 3 rings (SSSR count). The van der Waals surface area contributed by atoms with E-state index in [0.29, 0.717) is 6.54 Å². The molecule has 0 spiro atoms. The molecule has 0 aliphatic heterocycles. The molecule has 3 N–H and O–H groups in total. The van der Waals surface area contributed by atoms with Crippen LogP contribution in [0.3, 0.4) is 0 Å². The van der Waals surface area contributed by atoms with Gasteiger partial charge in [-0.25, -0.2) is 14.5 Å². The summed E-state index contributed by atoms with van der Waals surface area (Å²) in [5, 5.41) is 19.8. The van der Waals surface area contributed by atoms with E-state index >= 15 is 0 Å². The van der Waals surface area contributed by atoms with E-state index in [-0.39, 0.29) is 12.1 Å². The minimum absolute atomic E-state index is 0.175. The van der Waals surface area contributed by atoms with Crippen LogP contribution in [0.2, 0.25) is 0 Å². The van der Waals surface area contributed by atoms with E-state index in [0.717, 1.165) is 36.9 Å². The van der Waals surface area contributed by atoms with Crippen LogP contribution in [0.15, 0.2) is 36.9 Å². The van der Waals surface area contributed by atoms with Gasteiger partial charge in [0.15, 0.2) is 0 Å². The lowest BCUT2D eigenvalue weighted by atomic mass is 9.93. The van der Waals surface area contributed by atoms with Crippen LogP contribution < -0.4 is 10.6 Å². The highest BCUT2D eigenvalue weighted by Crippen LogP contribution is 2.19. The van der Waals surface area contributed by atoms with E-state index in [1.165, 1.54) is 6.33 Å².